The second kappa shape index (κ2) is 8.63. The Bertz CT molecular complexity index is 759. The van der Waals surface area contributed by atoms with Gasteiger partial charge >= 0.3 is 5.97 Å². The van der Waals surface area contributed by atoms with Crippen molar-refractivity contribution < 1.29 is 19.5 Å². The van der Waals surface area contributed by atoms with E-state index in [0.29, 0.717) is 11.3 Å². The van der Waals surface area contributed by atoms with Crippen molar-refractivity contribution in [3.8, 4) is 0 Å². The fourth-order valence-electron chi connectivity index (χ4n) is 2.32. The van der Waals surface area contributed by atoms with Crippen molar-refractivity contribution in [2.45, 2.75) is 25.8 Å². The van der Waals surface area contributed by atoms with E-state index < -0.39 is 11.9 Å². The van der Waals surface area contributed by atoms with Crippen molar-refractivity contribution in [1.82, 2.24) is 5.32 Å². The largest absolute Gasteiger partial charge is 0.481 e. The number of rotatable bonds is 7. The Morgan fingerprint density at radius 2 is 1.60 bits per heavy atom. The van der Waals surface area contributed by atoms with Gasteiger partial charge in [0, 0.05) is 6.42 Å². The Morgan fingerprint density at radius 1 is 0.960 bits per heavy atom. The lowest BCUT2D eigenvalue weighted by Crippen LogP contribution is -2.28. The molecule has 0 spiro atoms. The van der Waals surface area contributed by atoms with Crippen LogP contribution in [0.15, 0.2) is 54.6 Å². The van der Waals surface area contributed by atoms with Gasteiger partial charge < -0.3 is 15.7 Å². The number of carboxylic acid groups (broad SMARTS) is 1. The van der Waals surface area contributed by atoms with Gasteiger partial charge in [0.2, 0.25) is 5.91 Å². The first-order chi connectivity index (χ1) is 12.0. The van der Waals surface area contributed by atoms with Crippen LogP contribution in [0.4, 0.5) is 5.69 Å². The number of hydrogen-bond donors (Lipinski definition) is 3. The summed E-state index contributed by atoms with van der Waals surface area (Å²) in [5.74, 6) is -1.80. The molecule has 0 radical (unpaired) electrons. The van der Waals surface area contributed by atoms with E-state index in [-0.39, 0.29) is 24.8 Å². The van der Waals surface area contributed by atoms with Crippen molar-refractivity contribution >= 4 is 23.5 Å². The summed E-state index contributed by atoms with van der Waals surface area (Å²) in [5, 5.41) is 14.1. The summed E-state index contributed by atoms with van der Waals surface area (Å²) in [6.45, 7) is 1.88. The SMILES string of the molecule is C[C@@H](NC(=O)c1ccccc1NC(=O)CCC(=O)O)c1ccccc1. The topological polar surface area (TPSA) is 95.5 Å². The zero-order chi connectivity index (χ0) is 18.2. The van der Waals surface area contributed by atoms with Crippen molar-refractivity contribution in [1.29, 1.82) is 0 Å². The van der Waals surface area contributed by atoms with Gasteiger partial charge in [0.1, 0.15) is 0 Å². The van der Waals surface area contributed by atoms with Crippen LogP contribution in [0.2, 0.25) is 0 Å². The van der Waals surface area contributed by atoms with Gasteiger partial charge in [0.25, 0.3) is 5.91 Å². The van der Waals surface area contributed by atoms with Crippen LogP contribution in [0.25, 0.3) is 0 Å². The molecular formula is C19H20N2O4. The highest BCUT2D eigenvalue weighted by molar-refractivity contribution is 6.04. The monoisotopic (exact) mass is 340 g/mol. The fourth-order valence-corrected chi connectivity index (χ4v) is 2.32. The Hall–Kier alpha value is -3.15. The summed E-state index contributed by atoms with van der Waals surface area (Å²) < 4.78 is 0. The minimum Gasteiger partial charge on any atom is -0.481 e. The molecule has 25 heavy (non-hydrogen) atoms. The molecule has 0 aliphatic rings. The van der Waals surface area contributed by atoms with Crippen LogP contribution in [0.3, 0.4) is 0 Å². The van der Waals surface area contributed by atoms with Crippen LogP contribution < -0.4 is 10.6 Å². The molecule has 0 heterocycles. The lowest BCUT2D eigenvalue weighted by molar-refractivity contribution is -0.138. The number of carbonyl (C=O) groups excluding carboxylic acids is 2. The normalized spacial score (nSPS) is 11.4. The molecule has 6 heteroatoms. The van der Waals surface area contributed by atoms with Crippen LogP contribution in [-0.2, 0) is 9.59 Å². The number of anilines is 1. The van der Waals surface area contributed by atoms with E-state index in [1.54, 1.807) is 24.3 Å². The molecule has 3 N–H and O–H groups in total. The first kappa shape index (κ1) is 18.2. The molecule has 130 valence electrons. The van der Waals surface area contributed by atoms with E-state index in [2.05, 4.69) is 10.6 Å². The molecule has 2 aromatic rings. The molecule has 0 saturated heterocycles. The molecule has 6 nitrogen and oxygen atoms in total. The zero-order valence-corrected chi connectivity index (χ0v) is 13.9. The van der Waals surface area contributed by atoms with Gasteiger partial charge in [0.05, 0.1) is 23.7 Å². The highest BCUT2D eigenvalue weighted by Gasteiger charge is 2.16. The molecule has 1 atom stereocenters. The maximum Gasteiger partial charge on any atom is 0.303 e. The van der Waals surface area contributed by atoms with Crippen LogP contribution in [0.1, 0.15) is 41.7 Å². The summed E-state index contributed by atoms with van der Waals surface area (Å²) in [6, 6.07) is 16.0. The van der Waals surface area contributed by atoms with E-state index in [0.717, 1.165) is 5.56 Å². The van der Waals surface area contributed by atoms with E-state index in [1.807, 2.05) is 37.3 Å². The first-order valence-electron chi connectivity index (χ1n) is 7.94. The molecule has 0 aliphatic carbocycles. The Kier molecular flexibility index (Phi) is 6.28. The van der Waals surface area contributed by atoms with E-state index in [1.165, 1.54) is 0 Å². The second-order valence-electron chi connectivity index (χ2n) is 5.59. The van der Waals surface area contributed by atoms with Gasteiger partial charge in [-0.15, -0.1) is 0 Å². The summed E-state index contributed by atoms with van der Waals surface area (Å²) in [6.07, 6.45) is -0.406. The number of para-hydroxylation sites is 1. The average molecular weight is 340 g/mol. The first-order valence-corrected chi connectivity index (χ1v) is 7.94. The fraction of sp³-hybridized carbons (Fsp3) is 0.211. The van der Waals surface area contributed by atoms with Crippen molar-refractivity contribution in [2.75, 3.05) is 5.32 Å². The molecule has 0 unspecified atom stereocenters. The van der Waals surface area contributed by atoms with Gasteiger partial charge in [-0.1, -0.05) is 42.5 Å². The van der Waals surface area contributed by atoms with Gasteiger partial charge in [-0.2, -0.15) is 0 Å². The van der Waals surface area contributed by atoms with Crippen LogP contribution >= 0.6 is 0 Å². The standard InChI is InChI=1S/C19H20N2O4/c1-13(14-7-3-2-4-8-14)20-19(25)15-9-5-6-10-16(15)21-17(22)11-12-18(23)24/h2-10,13H,11-12H2,1H3,(H,20,25)(H,21,22)(H,23,24)/t13-/m1/s1. The van der Waals surface area contributed by atoms with Crippen LogP contribution in [0.5, 0.6) is 0 Å². The Balaban J connectivity index is 2.07. The van der Waals surface area contributed by atoms with Crippen molar-refractivity contribution in [2.24, 2.45) is 0 Å². The summed E-state index contributed by atoms with van der Waals surface area (Å²) in [4.78, 5) is 34.9. The van der Waals surface area contributed by atoms with Gasteiger partial charge in [0.15, 0.2) is 0 Å². The molecule has 2 aromatic carbocycles. The molecule has 0 aromatic heterocycles. The van der Waals surface area contributed by atoms with Crippen molar-refractivity contribution in [3.63, 3.8) is 0 Å². The lowest BCUT2D eigenvalue weighted by atomic mass is 10.1. The Labute approximate surface area is 145 Å². The summed E-state index contributed by atoms with van der Waals surface area (Å²) in [5.41, 5.74) is 1.66. The smallest absolute Gasteiger partial charge is 0.303 e. The van der Waals surface area contributed by atoms with Crippen molar-refractivity contribution in [3.05, 3.63) is 65.7 Å². The molecule has 0 bridgehead atoms. The summed E-state index contributed by atoms with van der Waals surface area (Å²) >= 11 is 0. The number of nitrogens with one attached hydrogen (secondary N) is 2. The summed E-state index contributed by atoms with van der Waals surface area (Å²) in [7, 11) is 0. The van der Waals surface area contributed by atoms with Crippen LogP contribution in [0, 0.1) is 0 Å². The highest BCUT2D eigenvalue weighted by Crippen LogP contribution is 2.18. The van der Waals surface area contributed by atoms with E-state index >= 15 is 0 Å². The highest BCUT2D eigenvalue weighted by atomic mass is 16.4. The van der Waals surface area contributed by atoms with E-state index in [4.69, 9.17) is 5.11 Å². The third-order valence-electron chi connectivity index (χ3n) is 3.66. The third-order valence-corrected chi connectivity index (χ3v) is 3.66. The second-order valence-corrected chi connectivity index (χ2v) is 5.59. The zero-order valence-electron chi connectivity index (χ0n) is 13.9. The van der Waals surface area contributed by atoms with Gasteiger partial charge in [-0.05, 0) is 24.6 Å². The Morgan fingerprint density at radius 3 is 2.28 bits per heavy atom. The van der Waals surface area contributed by atoms with Crippen LogP contribution in [-0.4, -0.2) is 22.9 Å². The predicted molar refractivity (Wildman–Crippen MR) is 94.3 cm³/mol. The molecule has 2 rings (SSSR count). The molecule has 2 amide bonds. The minimum absolute atomic E-state index is 0.147. The minimum atomic E-state index is -1.04. The van der Waals surface area contributed by atoms with E-state index in [9.17, 15) is 14.4 Å². The maximum absolute atomic E-state index is 12.5. The average Bonchev–Trinajstić information content (AvgIpc) is 2.61. The quantitative estimate of drug-likeness (QED) is 0.722. The maximum atomic E-state index is 12.5. The van der Waals surface area contributed by atoms with Gasteiger partial charge in [-0.25, -0.2) is 0 Å². The molecule has 0 saturated carbocycles. The molecule has 0 fully saturated rings. The number of carboxylic acids is 1. The number of hydrogen-bond acceptors (Lipinski definition) is 3. The molecular weight excluding hydrogens is 320 g/mol. The molecule has 0 aliphatic heterocycles. The lowest BCUT2D eigenvalue weighted by Gasteiger charge is -2.16. The number of aliphatic carboxylic acids is 1. The number of amides is 2. The predicted octanol–water partition coefficient (Wildman–Crippen LogP) is 2.98. The third kappa shape index (κ3) is 5.46. The number of carbonyl (C=O) groups is 3. The van der Waals surface area contributed by atoms with Gasteiger partial charge in [-0.3, -0.25) is 14.4 Å². The number of benzene rings is 2.